The first-order chi connectivity index (χ1) is 18.8. The number of nitrogens with one attached hydrogen (secondary N) is 1. The second kappa shape index (κ2) is 13.4. The zero-order chi connectivity index (χ0) is 27.9. The fourth-order valence-corrected chi connectivity index (χ4v) is 5.28. The number of nitrogens with zero attached hydrogens (tertiary/aromatic N) is 2. The number of ether oxygens (including phenoxy) is 3. The molecule has 1 saturated heterocycles. The lowest BCUT2D eigenvalue weighted by Gasteiger charge is -2.38. The Kier molecular flexibility index (Phi) is 9.94. The molecular weight excluding hydrogens is 501 g/mol. The van der Waals surface area contributed by atoms with E-state index in [-0.39, 0.29) is 29.5 Å². The van der Waals surface area contributed by atoms with Crippen LogP contribution in [0.15, 0.2) is 42.5 Å². The molecule has 0 radical (unpaired) electrons. The van der Waals surface area contributed by atoms with Crippen LogP contribution >= 0.6 is 0 Å². The monoisotopic (exact) mass is 541 g/mol. The van der Waals surface area contributed by atoms with Gasteiger partial charge in [0.05, 0.1) is 17.2 Å². The number of carbonyl (C=O) groups excluding carboxylic acids is 2. The van der Waals surface area contributed by atoms with Gasteiger partial charge in [-0.1, -0.05) is 19.1 Å². The fraction of sp³-hybridized carbons (Fsp3) is 0.533. The van der Waals surface area contributed by atoms with Gasteiger partial charge < -0.3 is 24.4 Å². The minimum absolute atomic E-state index is 0.0564. The van der Waals surface area contributed by atoms with E-state index in [1.54, 1.807) is 43.3 Å². The van der Waals surface area contributed by atoms with Crippen LogP contribution in [0.25, 0.3) is 0 Å². The Morgan fingerprint density at radius 2 is 1.87 bits per heavy atom. The van der Waals surface area contributed by atoms with Crippen molar-refractivity contribution in [2.24, 2.45) is 11.8 Å². The molecule has 0 aromatic heterocycles. The second-order valence-electron chi connectivity index (χ2n) is 10.8. The molecular formula is C30H40FN3O5. The second-order valence-corrected chi connectivity index (χ2v) is 10.8. The first kappa shape index (κ1) is 29.0. The summed E-state index contributed by atoms with van der Waals surface area (Å²) in [6.45, 7) is 8.44. The highest BCUT2D eigenvalue weighted by molar-refractivity contribution is 6.05. The van der Waals surface area contributed by atoms with Crippen LogP contribution in [0.1, 0.15) is 47.4 Å². The smallest absolute Gasteiger partial charge is 0.258 e. The Morgan fingerprint density at radius 1 is 1.13 bits per heavy atom. The standard InChI is InChI=1S/C30H40FN3O5/c1-20-16-34(17-22-11-13-38-14-12-22)21(2)19-39-27-15-23(32-29(35)24-7-5-6-8-26(24)31)9-10-25(27)30(36)33(3)18-28(20)37-4/h5-10,15,20-22,28H,11-14,16-19H2,1-4H3,(H,32,35)/t20-,21+,28+/m1/s1. The molecule has 2 aromatic rings. The van der Waals surface area contributed by atoms with E-state index in [0.29, 0.717) is 36.1 Å². The number of halogens is 1. The molecule has 0 saturated carbocycles. The van der Waals surface area contributed by atoms with Gasteiger partial charge in [0, 0.05) is 64.8 Å². The number of amides is 2. The highest BCUT2D eigenvalue weighted by Gasteiger charge is 2.30. The van der Waals surface area contributed by atoms with Crippen molar-refractivity contribution in [2.45, 2.75) is 38.8 Å². The van der Waals surface area contributed by atoms with Crippen molar-refractivity contribution in [3.05, 3.63) is 59.4 Å². The van der Waals surface area contributed by atoms with Crippen molar-refractivity contribution < 1.29 is 28.2 Å². The van der Waals surface area contributed by atoms with Crippen molar-refractivity contribution >= 4 is 17.5 Å². The minimum Gasteiger partial charge on any atom is -0.491 e. The van der Waals surface area contributed by atoms with Crippen LogP contribution < -0.4 is 10.1 Å². The zero-order valence-corrected chi connectivity index (χ0v) is 23.3. The number of methoxy groups -OCH3 is 1. The first-order valence-electron chi connectivity index (χ1n) is 13.7. The molecule has 0 bridgehead atoms. The number of fused-ring (bicyclic) bond motifs is 1. The molecule has 1 N–H and O–H groups in total. The van der Waals surface area contributed by atoms with Crippen LogP contribution in [0.5, 0.6) is 5.75 Å². The Balaban J connectivity index is 1.60. The predicted octanol–water partition coefficient (Wildman–Crippen LogP) is 4.31. The van der Waals surface area contributed by atoms with E-state index in [4.69, 9.17) is 14.2 Å². The van der Waals surface area contributed by atoms with E-state index in [2.05, 4.69) is 24.1 Å². The van der Waals surface area contributed by atoms with Crippen molar-refractivity contribution in [3.8, 4) is 5.75 Å². The van der Waals surface area contributed by atoms with Gasteiger partial charge in [-0.15, -0.1) is 0 Å². The average Bonchev–Trinajstić information content (AvgIpc) is 2.94. The highest BCUT2D eigenvalue weighted by atomic mass is 19.1. The van der Waals surface area contributed by atoms with E-state index in [1.807, 2.05) is 0 Å². The molecule has 3 atom stereocenters. The van der Waals surface area contributed by atoms with E-state index in [9.17, 15) is 14.0 Å². The molecule has 4 rings (SSSR count). The molecule has 2 aliphatic rings. The number of carbonyl (C=O) groups is 2. The molecule has 0 unspecified atom stereocenters. The molecule has 212 valence electrons. The summed E-state index contributed by atoms with van der Waals surface area (Å²) in [4.78, 5) is 30.3. The Morgan fingerprint density at radius 3 is 2.59 bits per heavy atom. The van der Waals surface area contributed by atoms with Gasteiger partial charge in [-0.25, -0.2) is 4.39 Å². The number of benzene rings is 2. The summed E-state index contributed by atoms with van der Waals surface area (Å²) in [6.07, 6.45) is 1.95. The molecule has 1 fully saturated rings. The number of hydrogen-bond acceptors (Lipinski definition) is 6. The number of rotatable bonds is 5. The maximum absolute atomic E-state index is 14.1. The van der Waals surface area contributed by atoms with Crippen LogP contribution in [0, 0.1) is 17.7 Å². The maximum atomic E-state index is 14.1. The van der Waals surface area contributed by atoms with E-state index < -0.39 is 11.7 Å². The van der Waals surface area contributed by atoms with Crippen molar-refractivity contribution in [1.82, 2.24) is 9.80 Å². The van der Waals surface area contributed by atoms with Gasteiger partial charge in [0.2, 0.25) is 0 Å². The van der Waals surface area contributed by atoms with Gasteiger partial charge in [-0.3, -0.25) is 14.5 Å². The van der Waals surface area contributed by atoms with E-state index in [1.165, 1.54) is 18.2 Å². The Labute approximate surface area is 230 Å². The molecule has 2 amide bonds. The lowest BCUT2D eigenvalue weighted by Crippen LogP contribution is -2.48. The first-order valence-corrected chi connectivity index (χ1v) is 13.7. The van der Waals surface area contributed by atoms with Gasteiger partial charge in [-0.2, -0.15) is 0 Å². The maximum Gasteiger partial charge on any atom is 0.258 e. The number of hydrogen-bond donors (Lipinski definition) is 1. The van der Waals surface area contributed by atoms with Gasteiger partial charge in [0.25, 0.3) is 11.8 Å². The summed E-state index contributed by atoms with van der Waals surface area (Å²) in [5.74, 6) is -0.245. The lowest BCUT2D eigenvalue weighted by atomic mass is 9.96. The lowest BCUT2D eigenvalue weighted by molar-refractivity contribution is 0.0000254. The molecule has 8 nitrogen and oxygen atoms in total. The van der Waals surface area contributed by atoms with Crippen molar-refractivity contribution in [3.63, 3.8) is 0 Å². The van der Waals surface area contributed by atoms with Gasteiger partial charge in [0.15, 0.2) is 0 Å². The third kappa shape index (κ3) is 7.35. The van der Waals surface area contributed by atoms with E-state index >= 15 is 0 Å². The number of likely N-dealkylation sites (N-methyl/N-ethyl adjacent to an activating group) is 1. The predicted molar refractivity (Wildman–Crippen MR) is 148 cm³/mol. The van der Waals surface area contributed by atoms with Crippen molar-refractivity contribution in [2.75, 3.05) is 58.9 Å². The molecule has 39 heavy (non-hydrogen) atoms. The SMILES string of the molecule is CO[C@H]1CN(C)C(=O)c2ccc(NC(=O)c3ccccc3F)cc2OC[C@H](C)N(CC2CCOCC2)C[C@H]1C. The van der Waals surface area contributed by atoms with Gasteiger partial charge in [-0.05, 0) is 55.9 Å². The summed E-state index contributed by atoms with van der Waals surface area (Å²) >= 11 is 0. The Bertz CT molecular complexity index is 1140. The van der Waals surface area contributed by atoms with Crippen LogP contribution in [-0.2, 0) is 9.47 Å². The third-order valence-electron chi connectivity index (χ3n) is 7.79. The summed E-state index contributed by atoms with van der Waals surface area (Å²) in [7, 11) is 3.45. The van der Waals surface area contributed by atoms with Crippen molar-refractivity contribution in [1.29, 1.82) is 0 Å². The highest BCUT2D eigenvalue weighted by Crippen LogP contribution is 2.28. The topological polar surface area (TPSA) is 80.3 Å². The quantitative estimate of drug-likeness (QED) is 0.608. The average molecular weight is 542 g/mol. The molecule has 9 heteroatoms. The zero-order valence-electron chi connectivity index (χ0n) is 23.3. The van der Waals surface area contributed by atoms with Crippen LogP contribution in [0.3, 0.4) is 0 Å². The van der Waals surface area contributed by atoms with Gasteiger partial charge >= 0.3 is 0 Å². The third-order valence-corrected chi connectivity index (χ3v) is 7.79. The molecule has 2 aromatic carbocycles. The van der Waals surface area contributed by atoms with Crippen LogP contribution in [0.4, 0.5) is 10.1 Å². The summed E-state index contributed by atoms with van der Waals surface area (Å²) in [5, 5.41) is 2.73. The number of anilines is 1. The fourth-order valence-electron chi connectivity index (χ4n) is 5.28. The summed E-state index contributed by atoms with van der Waals surface area (Å²) in [5.41, 5.74) is 0.756. The van der Waals surface area contributed by atoms with Crippen LogP contribution in [-0.4, -0.2) is 87.4 Å². The van der Waals surface area contributed by atoms with E-state index in [0.717, 1.165) is 39.1 Å². The molecule has 2 aliphatic heterocycles. The Hall–Kier alpha value is -3.01. The summed E-state index contributed by atoms with van der Waals surface area (Å²) < 4.78 is 31.8. The van der Waals surface area contributed by atoms with Crippen LogP contribution in [0.2, 0.25) is 0 Å². The largest absolute Gasteiger partial charge is 0.491 e. The van der Waals surface area contributed by atoms with Gasteiger partial charge in [0.1, 0.15) is 18.2 Å². The molecule has 0 spiro atoms. The summed E-state index contributed by atoms with van der Waals surface area (Å²) in [6, 6.07) is 10.8. The normalized spacial score (nSPS) is 23.8. The molecule has 0 aliphatic carbocycles. The molecule has 2 heterocycles. The minimum atomic E-state index is -0.602.